The van der Waals surface area contributed by atoms with Crippen molar-refractivity contribution in [1.82, 2.24) is 10.2 Å². The van der Waals surface area contributed by atoms with Crippen LogP contribution in [-0.4, -0.2) is 49.6 Å². The summed E-state index contributed by atoms with van der Waals surface area (Å²) in [6.07, 6.45) is 7.77. The number of sulfone groups is 1. The molecule has 3 atom stereocenters. The number of nitrogens with one attached hydrogen (secondary N) is 1. The van der Waals surface area contributed by atoms with E-state index in [9.17, 15) is 13.2 Å². The topological polar surface area (TPSA) is 66.5 Å². The molecule has 7 heteroatoms. The van der Waals surface area contributed by atoms with E-state index < -0.39 is 14.6 Å². The number of carbonyl (C=O) groups excluding carboxylic acids is 1. The molecule has 2 heterocycles. The second-order valence-corrected chi connectivity index (χ2v) is 11.7. The Kier molecular flexibility index (Phi) is 5.87. The van der Waals surface area contributed by atoms with Gasteiger partial charge in [-0.3, -0.25) is 4.79 Å². The number of amides is 1. The van der Waals surface area contributed by atoms with Crippen LogP contribution in [0.5, 0.6) is 0 Å². The summed E-state index contributed by atoms with van der Waals surface area (Å²) >= 11 is 3.38. The predicted molar refractivity (Wildman–Crippen MR) is 113 cm³/mol. The second-order valence-electron chi connectivity index (χ2n) is 8.49. The van der Waals surface area contributed by atoms with E-state index in [0.29, 0.717) is 29.8 Å². The summed E-state index contributed by atoms with van der Waals surface area (Å²) in [6, 6.07) is 6.99. The molecule has 2 unspecified atom stereocenters. The zero-order chi connectivity index (χ0) is 19.8. The van der Waals surface area contributed by atoms with Crippen molar-refractivity contribution in [3.63, 3.8) is 0 Å². The van der Waals surface area contributed by atoms with Crippen LogP contribution in [0.1, 0.15) is 51.4 Å². The Hall–Kier alpha value is -0.920. The smallest absolute Gasteiger partial charge is 0.246 e. The van der Waals surface area contributed by atoms with Gasteiger partial charge >= 0.3 is 0 Å². The molecular formula is C21H29BrN2O3S. The fourth-order valence-corrected chi connectivity index (χ4v) is 8.00. The van der Waals surface area contributed by atoms with Crippen molar-refractivity contribution in [2.24, 2.45) is 5.92 Å². The lowest BCUT2D eigenvalue weighted by Gasteiger charge is -2.48. The third kappa shape index (κ3) is 3.43. The molecule has 154 valence electrons. The minimum Gasteiger partial charge on any atom is -0.338 e. The number of hydrogen-bond donors (Lipinski definition) is 1. The normalized spacial score (nSPS) is 31.2. The quantitative estimate of drug-likeness (QED) is 0.736. The fraction of sp³-hybridized carbons (Fsp3) is 0.667. The first-order chi connectivity index (χ1) is 13.5. The van der Waals surface area contributed by atoms with Gasteiger partial charge in [0.2, 0.25) is 5.91 Å². The van der Waals surface area contributed by atoms with Gasteiger partial charge in [0.15, 0.2) is 14.6 Å². The fourth-order valence-electron chi connectivity index (χ4n) is 5.40. The maximum Gasteiger partial charge on any atom is 0.246 e. The van der Waals surface area contributed by atoms with E-state index in [1.54, 1.807) is 18.2 Å². The van der Waals surface area contributed by atoms with Crippen LogP contribution in [0.3, 0.4) is 0 Å². The summed E-state index contributed by atoms with van der Waals surface area (Å²) in [5, 5.41) is 3.22. The minimum atomic E-state index is -3.82. The van der Waals surface area contributed by atoms with Gasteiger partial charge in [-0.2, -0.15) is 0 Å². The first-order valence-electron chi connectivity index (χ1n) is 10.5. The van der Waals surface area contributed by atoms with Crippen LogP contribution in [0.2, 0.25) is 0 Å². The summed E-state index contributed by atoms with van der Waals surface area (Å²) in [6.45, 7) is 1.65. The van der Waals surface area contributed by atoms with E-state index in [1.807, 2.05) is 11.0 Å². The molecule has 2 aliphatic heterocycles. The average molecular weight is 469 g/mol. The van der Waals surface area contributed by atoms with Crippen LogP contribution in [-0.2, 0) is 14.6 Å². The number of fused-ring (bicyclic) bond motifs is 1. The van der Waals surface area contributed by atoms with Crippen LogP contribution in [0, 0.1) is 5.92 Å². The van der Waals surface area contributed by atoms with Crippen molar-refractivity contribution in [3.05, 3.63) is 28.7 Å². The van der Waals surface area contributed by atoms with Crippen LogP contribution < -0.4 is 5.32 Å². The van der Waals surface area contributed by atoms with E-state index >= 15 is 0 Å². The molecule has 4 rings (SSSR count). The molecule has 2 saturated heterocycles. The zero-order valence-electron chi connectivity index (χ0n) is 16.2. The Balaban J connectivity index is 1.74. The Labute approximate surface area is 176 Å². The zero-order valence-corrected chi connectivity index (χ0v) is 18.6. The molecule has 28 heavy (non-hydrogen) atoms. The van der Waals surface area contributed by atoms with Gasteiger partial charge in [-0.1, -0.05) is 34.8 Å². The highest BCUT2D eigenvalue weighted by Crippen LogP contribution is 2.40. The summed E-state index contributed by atoms with van der Waals surface area (Å²) in [5.41, 5.74) is 0. The molecule has 0 spiro atoms. The summed E-state index contributed by atoms with van der Waals surface area (Å²) < 4.78 is 26.9. The molecule has 1 N–H and O–H groups in total. The van der Waals surface area contributed by atoms with Crippen molar-refractivity contribution in [2.75, 3.05) is 19.6 Å². The number of piperidine rings is 2. The molecule has 3 aliphatic rings. The number of benzene rings is 1. The van der Waals surface area contributed by atoms with Gasteiger partial charge < -0.3 is 10.2 Å². The van der Waals surface area contributed by atoms with E-state index in [1.165, 1.54) is 6.42 Å². The van der Waals surface area contributed by atoms with Crippen molar-refractivity contribution in [1.29, 1.82) is 0 Å². The SMILES string of the molecule is O=C(N1CCCC2CCCCC21)[C@]1(S(=O)(=O)c2cccc(Br)c2)CCCNC1. The Morgan fingerprint density at radius 2 is 1.93 bits per heavy atom. The average Bonchev–Trinajstić information content (AvgIpc) is 2.73. The second kappa shape index (κ2) is 8.07. The Morgan fingerprint density at radius 3 is 2.68 bits per heavy atom. The summed E-state index contributed by atoms with van der Waals surface area (Å²) in [7, 11) is -3.82. The van der Waals surface area contributed by atoms with Gasteiger partial charge in [-0.05, 0) is 69.2 Å². The van der Waals surface area contributed by atoms with Crippen LogP contribution in [0.25, 0.3) is 0 Å². The lowest BCUT2D eigenvalue weighted by atomic mass is 9.77. The van der Waals surface area contributed by atoms with Crippen molar-refractivity contribution in [2.45, 2.75) is 67.1 Å². The lowest BCUT2D eigenvalue weighted by molar-refractivity contribution is -0.141. The van der Waals surface area contributed by atoms with Crippen LogP contribution in [0.15, 0.2) is 33.6 Å². The number of rotatable bonds is 3. The molecule has 1 aromatic rings. The summed E-state index contributed by atoms with van der Waals surface area (Å²) in [4.78, 5) is 16.1. The summed E-state index contributed by atoms with van der Waals surface area (Å²) in [5.74, 6) is 0.366. The third-order valence-electron chi connectivity index (χ3n) is 6.86. The van der Waals surface area contributed by atoms with Gasteiger partial charge in [0.1, 0.15) is 0 Å². The Morgan fingerprint density at radius 1 is 1.14 bits per heavy atom. The Bertz CT molecular complexity index is 834. The number of carbonyl (C=O) groups is 1. The number of halogens is 1. The van der Waals surface area contributed by atoms with E-state index in [2.05, 4.69) is 21.2 Å². The van der Waals surface area contributed by atoms with Crippen LogP contribution in [0.4, 0.5) is 0 Å². The van der Waals surface area contributed by atoms with Gasteiger partial charge in [0.25, 0.3) is 0 Å². The van der Waals surface area contributed by atoms with Crippen molar-refractivity contribution >= 4 is 31.7 Å². The molecule has 0 radical (unpaired) electrons. The van der Waals surface area contributed by atoms with Gasteiger partial charge in [0.05, 0.1) is 4.90 Å². The lowest BCUT2D eigenvalue weighted by Crippen LogP contribution is -2.64. The number of likely N-dealkylation sites (tertiary alicyclic amines) is 1. The minimum absolute atomic E-state index is 0.170. The third-order valence-corrected chi connectivity index (χ3v) is 9.78. The molecule has 3 fully saturated rings. The molecule has 1 aliphatic carbocycles. The van der Waals surface area contributed by atoms with E-state index in [0.717, 1.165) is 38.6 Å². The number of nitrogens with zero attached hydrogens (tertiary/aromatic N) is 1. The van der Waals surface area contributed by atoms with Gasteiger partial charge in [-0.15, -0.1) is 0 Å². The maximum atomic E-state index is 13.9. The van der Waals surface area contributed by atoms with Crippen molar-refractivity contribution < 1.29 is 13.2 Å². The molecule has 1 amide bonds. The van der Waals surface area contributed by atoms with Gasteiger partial charge in [0, 0.05) is 23.6 Å². The highest BCUT2D eigenvalue weighted by atomic mass is 79.9. The molecular weight excluding hydrogens is 440 g/mol. The van der Waals surface area contributed by atoms with E-state index in [-0.39, 0.29) is 23.4 Å². The molecule has 1 saturated carbocycles. The first-order valence-corrected chi connectivity index (χ1v) is 12.8. The predicted octanol–water partition coefficient (Wildman–Crippen LogP) is 3.53. The monoisotopic (exact) mass is 468 g/mol. The first kappa shape index (κ1) is 20.4. The van der Waals surface area contributed by atoms with Crippen LogP contribution >= 0.6 is 15.9 Å². The highest BCUT2D eigenvalue weighted by Gasteiger charge is 2.55. The van der Waals surface area contributed by atoms with Gasteiger partial charge in [-0.25, -0.2) is 8.42 Å². The molecule has 5 nitrogen and oxygen atoms in total. The molecule has 0 aromatic heterocycles. The number of hydrogen-bond acceptors (Lipinski definition) is 4. The highest BCUT2D eigenvalue weighted by molar-refractivity contribution is 9.10. The van der Waals surface area contributed by atoms with Crippen molar-refractivity contribution in [3.8, 4) is 0 Å². The molecule has 1 aromatic carbocycles. The standard InChI is InChI=1S/C21H29BrN2O3S/c22-17-8-3-9-18(14-17)28(26,27)21(11-5-12-23-15-21)20(25)24-13-4-7-16-6-1-2-10-19(16)24/h3,8-9,14,16,19,23H,1-2,4-7,10-13,15H2/t16?,19?,21-/m0/s1. The van der Waals surface area contributed by atoms with E-state index in [4.69, 9.17) is 0 Å². The largest absolute Gasteiger partial charge is 0.338 e. The maximum absolute atomic E-state index is 13.9. The molecule has 0 bridgehead atoms.